The van der Waals surface area contributed by atoms with E-state index >= 15 is 0 Å². The molecule has 7 nitrogen and oxygen atoms in total. The van der Waals surface area contributed by atoms with Crippen LogP contribution in [0, 0.1) is 0 Å². The van der Waals surface area contributed by atoms with Crippen LogP contribution in [0.15, 0.2) is 30.0 Å². The summed E-state index contributed by atoms with van der Waals surface area (Å²) < 4.78 is 22.2. The monoisotopic (exact) mass is 439 g/mol. The predicted molar refractivity (Wildman–Crippen MR) is 121 cm³/mol. The number of carbonyl (C=O) groups excluding carboxylic acids is 1. The van der Waals surface area contributed by atoms with Crippen LogP contribution in [0.5, 0.6) is 28.7 Å². The maximum Gasteiger partial charge on any atom is 0.231 e. The van der Waals surface area contributed by atoms with Gasteiger partial charge in [-0.15, -0.1) is 0 Å². The van der Waals surface area contributed by atoms with E-state index in [2.05, 4.69) is 11.8 Å². The van der Waals surface area contributed by atoms with Gasteiger partial charge in [0.15, 0.2) is 17.3 Å². The number of hydrogen-bond donors (Lipinski definition) is 1. The van der Waals surface area contributed by atoms with Crippen LogP contribution in [0.3, 0.4) is 0 Å². The number of Topliss-reactive ketones (excluding diaryl/α,β-unsaturated/α-hetero) is 1. The molecule has 0 spiro atoms. The molecule has 1 atom stereocenters. The Hall–Kier alpha value is -3.19. The highest BCUT2D eigenvalue weighted by atomic mass is 16.5. The van der Waals surface area contributed by atoms with Crippen LogP contribution >= 0.6 is 0 Å². The molecule has 4 rings (SSSR count). The molecule has 7 heteroatoms. The zero-order valence-electron chi connectivity index (χ0n) is 18.9. The minimum absolute atomic E-state index is 0.142. The van der Waals surface area contributed by atoms with Crippen molar-refractivity contribution in [3.8, 4) is 28.7 Å². The topological polar surface area (TPSA) is 77.5 Å². The Kier molecular flexibility index (Phi) is 6.28. The van der Waals surface area contributed by atoms with Crippen molar-refractivity contribution in [1.29, 1.82) is 0 Å². The smallest absolute Gasteiger partial charge is 0.231 e. The number of piperidine rings is 1. The van der Waals surface area contributed by atoms with E-state index in [9.17, 15) is 9.90 Å². The van der Waals surface area contributed by atoms with Gasteiger partial charge in [0.05, 0.1) is 32.5 Å². The SMILES string of the molecule is COc1cc(/C=C2/Oc3c(ccc(O)c3CN3CCCC[C@H]3C)C2=O)cc(OC)c1OC. The van der Waals surface area contributed by atoms with E-state index in [-0.39, 0.29) is 17.3 Å². The molecule has 0 bridgehead atoms. The number of carbonyl (C=O) groups is 1. The van der Waals surface area contributed by atoms with Crippen LogP contribution in [-0.4, -0.2) is 49.7 Å². The van der Waals surface area contributed by atoms with Crippen molar-refractivity contribution in [3.05, 3.63) is 46.7 Å². The normalized spacial score (nSPS) is 19.6. The Bertz CT molecular complexity index is 1040. The lowest BCUT2D eigenvalue weighted by Crippen LogP contribution is -2.36. The van der Waals surface area contributed by atoms with E-state index in [1.165, 1.54) is 27.8 Å². The first kappa shape index (κ1) is 22.0. The van der Waals surface area contributed by atoms with Crippen LogP contribution in [0.25, 0.3) is 6.08 Å². The average Bonchev–Trinajstić information content (AvgIpc) is 3.11. The van der Waals surface area contributed by atoms with Gasteiger partial charge in [0.25, 0.3) is 0 Å². The molecule has 1 N–H and O–H groups in total. The summed E-state index contributed by atoms with van der Waals surface area (Å²) in [5.41, 5.74) is 1.78. The van der Waals surface area contributed by atoms with Gasteiger partial charge in [-0.3, -0.25) is 9.69 Å². The average molecular weight is 440 g/mol. The minimum Gasteiger partial charge on any atom is -0.507 e. The molecule has 2 aromatic rings. The molecule has 0 saturated carbocycles. The number of benzene rings is 2. The Morgan fingerprint density at radius 3 is 2.47 bits per heavy atom. The summed E-state index contributed by atoms with van der Waals surface area (Å²) in [7, 11) is 4.62. The Morgan fingerprint density at radius 2 is 1.84 bits per heavy atom. The lowest BCUT2D eigenvalue weighted by molar-refractivity contribution is 0.101. The van der Waals surface area contributed by atoms with Gasteiger partial charge in [0, 0.05) is 12.6 Å². The molecule has 0 amide bonds. The zero-order chi connectivity index (χ0) is 22.8. The molecule has 1 fully saturated rings. The van der Waals surface area contributed by atoms with Crippen molar-refractivity contribution >= 4 is 11.9 Å². The largest absolute Gasteiger partial charge is 0.507 e. The summed E-state index contributed by atoms with van der Waals surface area (Å²) in [5.74, 6) is 1.99. The van der Waals surface area contributed by atoms with Crippen LogP contribution in [0.4, 0.5) is 0 Å². The third-order valence-corrected chi connectivity index (χ3v) is 6.20. The summed E-state index contributed by atoms with van der Waals surface area (Å²) >= 11 is 0. The molecule has 1 saturated heterocycles. The number of phenolic OH excluding ortho intramolecular Hbond substituents is 1. The Labute approximate surface area is 188 Å². The number of fused-ring (bicyclic) bond motifs is 1. The second-order valence-corrected chi connectivity index (χ2v) is 8.15. The molecule has 2 heterocycles. The minimum atomic E-state index is -0.221. The van der Waals surface area contributed by atoms with Crippen molar-refractivity contribution < 1.29 is 28.8 Å². The summed E-state index contributed by atoms with van der Waals surface area (Å²) in [5, 5.41) is 10.6. The highest BCUT2D eigenvalue weighted by Crippen LogP contribution is 2.42. The first-order valence-corrected chi connectivity index (χ1v) is 10.8. The van der Waals surface area contributed by atoms with Gasteiger partial charge in [-0.1, -0.05) is 6.42 Å². The Balaban J connectivity index is 1.68. The number of aromatic hydroxyl groups is 1. The van der Waals surface area contributed by atoms with Gasteiger partial charge < -0.3 is 24.1 Å². The molecule has 0 aromatic heterocycles. The lowest BCUT2D eigenvalue weighted by Gasteiger charge is -2.33. The van der Waals surface area contributed by atoms with E-state index in [4.69, 9.17) is 18.9 Å². The fraction of sp³-hybridized carbons (Fsp3) is 0.400. The lowest BCUT2D eigenvalue weighted by atomic mass is 10.0. The molecule has 2 aliphatic heterocycles. The number of methoxy groups -OCH3 is 3. The maximum absolute atomic E-state index is 13.1. The molecular weight excluding hydrogens is 410 g/mol. The molecule has 2 aromatic carbocycles. The van der Waals surface area contributed by atoms with E-state index in [0.717, 1.165) is 19.4 Å². The maximum atomic E-state index is 13.1. The van der Waals surface area contributed by atoms with Crippen molar-refractivity contribution in [2.24, 2.45) is 0 Å². The highest BCUT2D eigenvalue weighted by Gasteiger charge is 2.32. The van der Waals surface area contributed by atoms with E-state index in [1.807, 2.05) is 0 Å². The summed E-state index contributed by atoms with van der Waals surface area (Å²) in [4.78, 5) is 15.4. The fourth-order valence-electron chi connectivity index (χ4n) is 4.38. The van der Waals surface area contributed by atoms with Gasteiger partial charge in [-0.2, -0.15) is 0 Å². The first-order valence-electron chi connectivity index (χ1n) is 10.8. The second-order valence-electron chi connectivity index (χ2n) is 8.15. The summed E-state index contributed by atoms with van der Waals surface area (Å²) in [6.07, 6.45) is 5.12. The van der Waals surface area contributed by atoms with Gasteiger partial charge >= 0.3 is 0 Å². The van der Waals surface area contributed by atoms with Gasteiger partial charge in [-0.05, 0) is 62.2 Å². The molecule has 2 aliphatic rings. The standard InChI is InChI=1S/C25H29NO6/c1-15-7-5-6-10-26(15)14-18-19(27)9-8-17-23(28)20(32-24(17)18)11-16-12-21(29-2)25(31-4)22(13-16)30-3/h8-9,11-13,15,27H,5-7,10,14H2,1-4H3/b20-11+/t15-/m1/s1. The van der Waals surface area contributed by atoms with Crippen molar-refractivity contribution in [1.82, 2.24) is 4.90 Å². The number of allylic oxidation sites excluding steroid dienone is 1. The van der Waals surface area contributed by atoms with Gasteiger partial charge in [0.2, 0.25) is 11.5 Å². The van der Waals surface area contributed by atoms with Gasteiger partial charge in [0.1, 0.15) is 11.5 Å². The number of hydrogen-bond acceptors (Lipinski definition) is 7. The van der Waals surface area contributed by atoms with Crippen molar-refractivity contribution in [3.63, 3.8) is 0 Å². The predicted octanol–water partition coefficient (Wildman–Crippen LogP) is 4.41. The Morgan fingerprint density at radius 1 is 1.12 bits per heavy atom. The van der Waals surface area contributed by atoms with E-state index in [0.29, 0.717) is 52.3 Å². The van der Waals surface area contributed by atoms with Crippen LogP contribution in [0.1, 0.15) is 47.7 Å². The highest BCUT2D eigenvalue weighted by molar-refractivity contribution is 6.15. The number of phenols is 1. The molecule has 32 heavy (non-hydrogen) atoms. The molecule has 0 radical (unpaired) electrons. The molecular formula is C25H29NO6. The number of rotatable bonds is 6. The van der Waals surface area contributed by atoms with E-state index < -0.39 is 0 Å². The molecule has 0 aliphatic carbocycles. The van der Waals surface area contributed by atoms with Gasteiger partial charge in [-0.25, -0.2) is 0 Å². The quantitative estimate of drug-likeness (QED) is 0.668. The first-order chi connectivity index (χ1) is 15.5. The number of ketones is 1. The number of likely N-dealkylation sites (tertiary alicyclic amines) is 1. The van der Waals surface area contributed by atoms with Crippen molar-refractivity contribution in [2.45, 2.75) is 38.8 Å². The molecule has 0 unspecified atom stereocenters. The third-order valence-electron chi connectivity index (χ3n) is 6.20. The second kappa shape index (κ2) is 9.12. The number of nitrogens with zero attached hydrogens (tertiary/aromatic N) is 1. The number of ether oxygens (including phenoxy) is 4. The van der Waals surface area contributed by atoms with Crippen LogP contribution < -0.4 is 18.9 Å². The third kappa shape index (κ3) is 4.00. The van der Waals surface area contributed by atoms with E-state index in [1.54, 1.807) is 30.3 Å². The van der Waals surface area contributed by atoms with Crippen molar-refractivity contribution in [2.75, 3.05) is 27.9 Å². The summed E-state index contributed by atoms with van der Waals surface area (Å²) in [6.45, 7) is 3.70. The van der Waals surface area contributed by atoms with Crippen LogP contribution in [-0.2, 0) is 6.54 Å². The summed E-state index contributed by atoms with van der Waals surface area (Å²) in [6, 6.07) is 7.12. The van der Waals surface area contributed by atoms with Crippen LogP contribution in [0.2, 0.25) is 0 Å². The zero-order valence-corrected chi connectivity index (χ0v) is 18.9. The molecule has 170 valence electrons. The fourth-order valence-corrected chi connectivity index (χ4v) is 4.38.